The highest BCUT2D eigenvalue weighted by Crippen LogP contribution is 2.31. The van der Waals surface area contributed by atoms with E-state index >= 15 is 0 Å². The molecule has 0 radical (unpaired) electrons. The van der Waals surface area contributed by atoms with Crippen molar-refractivity contribution in [1.82, 2.24) is 9.80 Å². The summed E-state index contributed by atoms with van der Waals surface area (Å²) >= 11 is 6.69. The highest BCUT2D eigenvalue weighted by Gasteiger charge is 2.21. The summed E-state index contributed by atoms with van der Waals surface area (Å²) in [6, 6.07) is 6.28. The Bertz CT molecular complexity index is 444. The predicted octanol–water partition coefficient (Wildman–Crippen LogP) is 3.31. The summed E-state index contributed by atoms with van der Waals surface area (Å²) in [5, 5.41) is -0.0142. The average molecular weight is 311 g/mol. The van der Waals surface area contributed by atoms with E-state index in [0.29, 0.717) is 6.61 Å². The van der Waals surface area contributed by atoms with E-state index in [1.54, 1.807) is 0 Å². The van der Waals surface area contributed by atoms with Gasteiger partial charge in [-0.25, -0.2) is 0 Å². The molecule has 1 aliphatic rings. The Labute approximate surface area is 133 Å². The van der Waals surface area contributed by atoms with Crippen LogP contribution in [0.25, 0.3) is 0 Å². The number of hydrogen-bond donors (Lipinski definition) is 0. The summed E-state index contributed by atoms with van der Waals surface area (Å²) in [5.41, 5.74) is 2.35. The third-order valence-corrected chi connectivity index (χ3v) is 4.51. The number of benzene rings is 1. The molecule has 3 nitrogen and oxygen atoms in total. The van der Waals surface area contributed by atoms with Gasteiger partial charge in [-0.05, 0) is 26.5 Å². The van der Waals surface area contributed by atoms with Crippen LogP contribution in [0.4, 0.5) is 0 Å². The minimum absolute atomic E-state index is 0.0142. The molecule has 1 unspecified atom stereocenters. The maximum atomic E-state index is 6.69. The Morgan fingerprint density at radius 1 is 1.14 bits per heavy atom. The lowest BCUT2D eigenvalue weighted by Gasteiger charge is -2.35. The average Bonchev–Trinajstić information content (AvgIpc) is 2.50. The van der Waals surface area contributed by atoms with Crippen molar-refractivity contribution in [3.63, 3.8) is 0 Å². The lowest BCUT2D eigenvalue weighted by Crippen LogP contribution is -2.46. The van der Waals surface area contributed by atoms with Crippen molar-refractivity contribution < 1.29 is 4.74 Å². The van der Waals surface area contributed by atoms with Gasteiger partial charge in [-0.1, -0.05) is 24.6 Å². The molecule has 0 N–H and O–H groups in total. The molecule has 118 valence electrons. The second kappa shape index (κ2) is 8.02. The minimum Gasteiger partial charge on any atom is -0.494 e. The van der Waals surface area contributed by atoms with E-state index in [2.05, 4.69) is 35.8 Å². The first-order valence-corrected chi connectivity index (χ1v) is 8.39. The van der Waals surface area contributed by atoms with Crippen molar-refractivity contribution in [2.24, 2.45) is 0 Å². The number of alkyl halides is 1. The lowest BCUT2D eigenvalue weighted by molar-refractivity contribution is 0.137. The third-order valence-electron chi connectivity index (χ3n) is 4.13. The molecule has 21 heavy (non-hydrogen) atoms. The summed E-state index contributed by atoms with van der Waals surface area (Å²) in [7, 11) is 0. The molecule has 1 saturated heterocycles. The van der Waals surface area contributed by atoms with E-state index in [9.17, 15) is 0 Å². The lowest BCUT2D eigenvalue weighted by atomic mass is 10.1. The van der Waals surface area contributed by atoms with Crippen LogP contribution in [-0.4, -0.2) is 55.7 Å². The van der Waals surface area contributed by atoms with Crippen LogP contribution in [0, 0.1) is 6.92 Å². The number of nitrogens with zero attached hydrogens (tertiary/aromatic N) is 2. The van der Waals surface area contributed by atoms with Crippen LogP contribution < -0.4 is 4.74 Å². The van der Waals surface area contributed by atoms with Crippen molar-refractivity contribution in [1.29, 1.82) is 0 Å². The molecule has 1 heterocycles. The molecule has 2 rings (SSSR count). The number of aryl methyl sites for hydroxylation is 1. The van der Waals surface area contributed by atoms with Crippen LogP contribution in [0.2, 0.25) is 0 Å². The fourth-order valence-corrected chi connectivity index (χ4v) is 3.18. The topological polar surface area (TPSA) is 15.7 Å². The Morgan fingerprint density at radius 3 is 2.43 bits per heavy atom. The molecule has 0 bridgehead atoms. The van der Waals surface area contributed by atoms with Gasteiger partial charge in [-0.15, -0.1) is 11.6 Å². The molecule has 1 aromatic carbocycles. The number of hydrogen-bond acceptors (Lipinski definition) is 3. The molecule has 4 heteroatoms. The van der Waals surface area contributed by atoms with Gasteiger partial charge in [0.05, 0.1) is 12.0 Å². The molecule has 0 aliphatic carbocycles. The first-order valence-electron chi connectivity index (χ1n) is 7.96. The zero-order valence-electron chi connectivity index (χ0n) is 13.4. The first-order chi connectivity index (χ1) is 10.1. The molecular weight excluding hydrogens is 284 g/mol. The standard InChI is InChI=1S/C17H27ClN2O/c1-4-19-8-10-20(11-9-19)13-16(18)15-12-14(3)6-7-17(15)21-5-2/h6-7,12,16H,4-5,8-11,13H2,1-3H3. The first kappa shape index (κ1) is 16.6. The summed E-state index contributed by atoms with van der Waals surface area (Å²) in [6.07, 6.45) is 0. The van der Waals surface area contributed by atoms with Gasteiger partial charge in [0, 0.05) is 38.3 Å². The van der Waals surface area contributed by atoms with Gasteiger partial charge in [0.2, 0.25) is 0 Å². The predicted molar refractivity (Wildman–Crippen MR) is 89.5 cm³/mol. The van der Waals surface area contributed by atoms with E-state index < -0.39 is 0 Å². The molecule has 0 amide bonds. The van der Waals surface area contributed by atoms with Gasteiger partial charge in [-0.3, -0.25) is 4.90 Å². The number of rotatable bonds is 6. The number of halogens is 1. The zero-order valence-corrected chi connectivity index (χ0v) is 14.2. The summed E-state index contributed by atoms with van der Waals surface area (Å²) < 4.78 is 5.73. The van der Waals surface area contributed by atoms with Crippen molar-refractivity contribution in [2.75, 3.05) is 45.9 Å². The second-order valence-electron chi connectivity index (χ2n) is 5.68. The molecule has 1 aromatic rings. The summed E-state index contributed by atoms with van der Waals surface area (Å²) in [4.78, 5) is 4.94. The highest BCUT2D eigenvalue weighted by atomic mass is 35.5. The molecule has 1 fully saturated rings. The number of likely N-dealkylation sites (N-methyl/N-ethyl adjacent to an activating group) is 1. The normalized spacial score (nSPS) is 18.7. The van der Waals surface area contributed by atoms with Crippen LogP contribution >= 0.6 is 11.6 Å². The molecule has 0 aromatic heterocycles. The number of piperazine rings is 1. The highest BCUT2D eigenvalue weighted by molar-refractivity contribution is 6.21. The van der Waals surface area contributed by atoms with Gasteiger partial charge in [-0.2, -0.15) is 0 Å². The van der Waals surface area contributed by atoms with Crippen LogP contribution in [0.1, 0.15) is 30.4 Å². The van der Waals surface area contributed by atoms with Gasteiger partial charge in [0.15, 0.2) is 0 Å². The second-order valence-corrected chi connectivity index (χ2v) is 6.20. The molecule has 1 aliphatic heterocycles. The van der Waals surface area contributed by atoms with Crippen LogP contribution in [0.3, 0.4) is 0 Å². The van der Waals surface area contributed by atoms with Crippen LogP contribution in [0.5, 0.6) is 5.75 Å². The van der Waals surface area contributed by atoms with Crippen LogP contribution in [0.15, 0.2) is 18.2 Å². The van der Waals surface area contributed by atoms with E-state index in [4.69, 9.17) is 16.3 Å². The molecule has 0 saturated carbocycles. The van der Waals surface area contributed by atoms with E-state index in [1.165, 1.54) is 5.56 Å². The fourth-order valence-electron chi connectivity index (χ4n) is 2.81. The van der Waals surface area contributed by atoms with E-state index in [1.807, 2.05) is 13.0 Å². The largest absolute Gasteiger partial charge is 0.494 e. The van der Waals surface area contributed by atoms with Gasteiger partial charge >= 0.3 is 0 Å². The van der Waals surface area contributed by atoms with Gasteiger partial charge < -0.3 is 9.64 Å². The molecular formula is C17H27ClN2O. The minimum atomic E-state index is -0.0142. The molecule has 0 spiro atoms. The SMILES string of the molecule is CCOc1ccc(C)cc1C(Cl)CN1CCN(CC)CC1. The van der Waals surface area contributed by atoms with E-state index in [-0.39, 0.29) is 5.38 Å². The third kappa shape index (κ3) is 4.60. The van der Waals surface area contributed by atoms with Gasteiger partial charge in [0.1, 0.15) is 5.75 Å². The maximum Gasteiger partial charge on any atom is 0.124 e. The smallest absolute Gasteiger partial charge is 0.124 e. The van der Waals surface area contributed by atoms with Crippen molar-refractivity contribution in [3.05, 3.63) is 29.3 Å². The summed E-state index contributed by atoms with van der Waals surface area (Å²) in [6.45, 7) is 13.5. The summed E-state index contributed by atoms with van der Waals surface area (Å²) in [5.74, 6) is 0.926. The zero-order chi connectivity index (χ0) is 15.2. The quantitative estimate of drug-likeness (QED) is 0.750. The maximum absolute atomic E-state index is 6.69. The fraction of sp³-hybridized carbons (Fsp3) is 0.647. The number of ether oxygens (including phenoxy) is 1. The Kier molecular flexibility index (Phi) is 6.34. The Hall–Kier alpha value is -0.770. The monoisotopic (exact) mass is 310 g/mol. The van der Waals surface area contributed by atoms with Crippen molar-refractivity contribution in [3.8, 4) is 5.75 Å². The van der Waals surface area contributed by atoms with E-state index in [0.717, 1.165) is 50.6 Å². The Balaban J connectivity index is 1.99. The van der Waals surface area contributed by atoms with Gasteiger partial charge in [0.25, 0.3) is 0 Å². The van der Waals surface area contributed by atoms with Crippen LogP contribution in [-0.2, 0) is 0 Å². The Morgan fingerprint density at radius 2 is 1.81 bits per heavy atom. The van der Waals surface area contributed by atoms with Crippen molar-refractivity contribution in [2.45, 2.75) is 26.1 Å². The molecule has 1 atom stereocenters. The van der Waals surface area contributed by atoms with Crippen molar-refractivity contribution >= 4 is 11.6 Å².